The summed E-state index contributed by atoms with van der Waals surface area (Å²) in [6.45, 7) is 28.5. The lowest BCUT2D eigenvalue weighted by Gasteiger charge is -2.35. The summed E-state index contributed by atoms with van der Waals surface area (Å²) in [7, 11) is -32.3. The van der Waals surface area contributed by atoms with Gasteiger partial charge in [0, 0.05) is 126 Å². The van der Waals surface area contributed by atoms with Crippen LogP contribution in [0, 0.1) is 56.4 Å². The fourth-order valence-electron chi connectivity index (χ4n) is 16.6. The molecule has 0 aromatic heterocycles. The number of halogens is 10. The second-order valence-electron chi connectivity index (χ2n) is 35.9. The molecule has 2 unspecified atom stereocenters. The summed E-state index contributed by atoms with van der Waals surface area (Å²) in [4.78, 5) is 10.7. The van der Waals surface area contributed by atoms with Crippen LogP contribution in [-0.4, -0.2) is 82.9 Å². The average Bonchev–Trinajstić information content (AvgIpc) is 0.713. The van der Waals surface area contributed by atoms with Crippen LogP contribution in [0.3, 0.4) is 0 Å². The molecule has 0 spiro atoms. The smallest absolute Gasteiger partial charge is 0.450 e. The summed E-state index contributed by atoms with van der Waals surface area (Å²) >= 11 is 0.237. The number of benzene rings is 11. The number of nitrogens with zero attached hydrogens (tertiary/aromatic N) is 2. The highest BCUT2D eigenvalue weighted by molar-refractivity contribution is 8.13. The first-order chi connectivity index (χ1) is 65.7. The first-order valence-corrected chi connectivity index (χ1v) is 52.7. The zero-order chi connectivity index (χ0) is 102. The van der Waals surface area contributed by atoms with E-state index in [9.17, 15) is 46.9 Å². The minimum absolute atomic E-state index is 0.0468. The van der Waals surface area contributed by atoms with Gasteiger partial charge in [0.05, 0.1) is 26.2 Å². The molecule has 10 aromatic rings. The van der Waals surface area contributed by atoms with E-state index in [4.69, 9.17) is 13.9 Å². The topological polar surface area (TPSA) is 311 Å². The van der Waals surface area contributed by atoms with E-state index in [0.29, 0.717) is 63.7 Å². The minimum Gasteiger partial charge on any atom is -0.464 e. The number of allylic oxidation sites excluding steroid dienone is 1. The lowest BCUT2D eigenvalue weighted by atomic mass is 9.87. The lowest BCUT2D eigenvalue weighted by molar-refractivity contribution is -0.588. The van der Waals surface area contributed by atoms with E-state index < -0.39 is 139 Å². The number of sulfonamides is 4. The first kappa shape index (κ1) is 104. The molecule has 0 saturated carbocycles. The monoisotopic (exact) mass is 2040 g/mol. The second kappa shape index (κ2) is 39.9. The molecule has 3 heterocycles. The number of quaternary nitrogens is 1. The third-order valence-corrected chi connectivity index (χ3v) is 33.9. The highest BCUT2D eigenvalue weighted by Gasteiger charge is 2.81. The van der Waals surface area contributed by atoms with Gasteiger partial charge >= 0.3 is 32.5 Å². The van der Waals surface area contributed by atoms with E-state index in [1.807, 2.05) is 106 Å². The highest BCUT2D eigenvalue weighted by Crippen LogP contribution is 2.56. The van der Waals surface area contributed by atoms with E-state index in [-0.39, 0.29) is 80.5 Å². The summed E-state index contributed by atoms with van der Waals surface area (Å²) in [6, 6.07) is 51.0. The summed E-state index contributed by atoms with van der Waals surface area (Å²) in [5.41, 5.74) is 14.8. The Kier molecular flexibility index (Phi) is 29.6. The molecule has 37 heteroatoms. The number of para-hydroxylation sites is 4. The molecule has 3 aliphatic heterocycles. The van der Waals surface area contributed by atoms with E-state index in [1.54, 1.807) is 83.2 Å². The van der Waals surface area contributed by atoms with Crippen LogP contribution in [0.1, 0.15) is 179 Å². The van der Waals surface area contributed by atoms with Gasteiger partial charge in [-0.2, -0.15) is 34.8 Å². The number of nitrogens with one attached hydrogen (secondary N) is 3. The maximum Gasteiger partial charge on any atom is 0.450 e. The number of esters is 1. The van der Waals surface area contributed by atoms with Crippen molar-refractivity contribution < 1.29 is 119 Å². The highest BCUT2D eigenvalue weighted by atomic mass is 32.3. The van der Waals surface area contributed by atoms with Crippen LogP contribution in [0.5, 0.6) is 11.5 Å². The minimum atomic E-state index is -7.60. The van der Waals surface area contributed by atoms with Crippen molar-refractivity contribution in [3.63, 3.8) is 0 Å². The second-order valence-corrected chi connectivity index (χ2v) is 45.4. The largest absolute Gasteiger partial charge is 0.464 e. The number of carbonyl (C=O) groups excluding carboxylic acids is 1. The number of nitrogens with two attached hydrogens (primary N) is 1. The third-order valence-electron chi connectivity index (χ3n) is 24.9. The number of alkyl halides is 6. The van der Waals surface area contributed by atoms with Crippen molar-refractivity contribution in [2.75, 3.05) is 23.0 Å². The number of thioether (sulfide) groups is 1. The van der Waals surface area contributed by atoms with Crippen molar-refractivity contribution in [3.8, 4) is 33.9 Å². The van der Waals surface area contributed by atoms with E-state index >= 15 is 43.9 Å². The van der Waals surface area contributed by atoms with Gasteiger partial charge in [0.1, 0.15) is 81.9 Å². The van der Waals surface area contributed by atoms with E-state index in [2.05, 4.69) is 87.8 Å². The number of rotatable bonds is 31. The number of fused-ring (bicyclic) bond motifs is 6. The van der Waals surface area contributed by atoms with E-state index in [1.165, 1.54) is 42.5 Å². The molecular formula is C103H100F10N6O15S6. The van der Waals surface area contributed by atoms with Crippen molar-refractivity contribution in [2.24, 2.45) is 5.41 Å². The van der Waals surface area contributed by atoms with Crippen LogP contribution in [0.2, 0.25) is 0 Å². The SMILES string of the molecule is CCC(C)(C)C(=O)OCCSc1c(F)c(F)c(S(=O)(=O)[N-]S(=O)(=O)c2ccccc2-c2c3ccc(=[NH+]c4c(C(C)C)cccc4C(C)C)cc-3oc3cc4c(cc23)Cc2cccc(C(C)C)c2N4)c(F)c1F.CCC(C)c1ccc(OS(=O)(=O)C(F)(F)C(F)(F)C(F)(F)S(=O)(=O)[N-]S(=O)(=O)c2ccccc2C2=C3C=CC([NH2+]c4c(C)cccc4C)C=C3Oc3cc(Nc4c(C)cccc4C)ccc32)cc1. The van der Waals surface area contributed by atoms with E-state index in [0.717, 1.165) is 109 Å². The predicted molar refractivity (Wildman–Crippen MR) is 519 cm³/mol. The van der Waals surface area contributed by atoms with Gasteiger partial charge in [-0.3, -0.25) is 4.79 Å². The number of carbonyl (C=O) groups is 1. The molecule has 140 heavy (non-hydrogen) atoms. The number of aryl methyl sites for hydroxylation is 4. The normalized spacial score (nSPS) is 14.6. The molecule has 10 aromatic carbocycles. The molecular weight excluding hydrogens is 1940 g/mol. The van der Waals surface area contributed by atoms with Crippen LogP contribution in [0.25, 0.3) is 47.2 Å². The molecule has 21 nitrogen and oxygen atoms in total. The molecule has 15 rings (SSSR count). The number of anilines is 4. The Bertz CT molecular complexity index is 7630. The fourth-order valence-corrected chi connectivity index (χ4v) is 24.3. The third kappa shape index (κ3) is 20.2. The molecule has 0 amide bonds. The van der Waals surface area contributed by atoms with Crippen LogP contribution in [0.15, 0.2) is 248 Å². The van der Waals surface area contributed by atoms with Gasteiger partial charge < -0.3 is 42.3 Å². The Morgan fingerprint density at radius 1 is 0.600 bits per heavy atom. The van der Waals surface area contributed by atoms with Gasteiger partial charge in [0.15, 0.2) is 33.3 Å². The van der Waals surface area contributed by atoms with Gasteiger partial charge in [0.25, 0.3) is 0 Å². The van der Waals surface area contributed by atoms with Crippen molar-refractivity contribution in [1.29, 1.82) is 0 Å². The molecule has 2 aliphatic carbocycles. The summed E-state index contributed by atoms with van der Waals surface area (Å²) in [5, 5.41) is -4.10. The lowest BCUT2D eigenvalue weighted by Crippen LogP contribution is -2.84. The number of ether oxygens (including phenoxy) is 2. The van der Waals surface area contributed by atoms with Crippen LogP contribution in [0.4, 0.5) is 78.0 Å². The molecule has 5 N–H and O–H groups in total. The van der Waals surface area contributed by atoms with Crippen molar-refractivity contribution >= 4 is 119 Å². The van der Waals surface area contributed by atoms with Crippen molar-refractivity contribution in [3.05, 3.63) is 327 Å². The predicted octanol–water partition coefficient (Wildman–Crippen LogP) is 23.3. The standard InChI is InChI=1S/C55H54F4N3O7S3.C48H44F6N3O8S3/c1-10-55(8,9)54(63)68-23-24-70-52-46(56)48(58)53(49(59)47(52)57)72(66,67)62-71(64,65)44-20-12-11-16-39(44)45-38-22-21-34(60-51-36(30(4)5)18-14-19-37(51)31(6)7)27-42(38)69-43-28-41-33(26-40(43)45)25-32-15-13-17-35(29(2)3)50(32)61-41;1-7-28(2)33-18-22-36(23-19-33)65-68(62,63)48(53,54)46(49,50)47(51,52)67(60,61)57-66(58,59)42-17-9-8-16-39(42)43-37-24-20-34(55-44-29(3)12-10-13-30(44)4)26-40(37)64-41-27-35(21-25-38(41)43)56-45-31(5)14-11-15-32(45)6/h11-22,26-31H,10,23-25H2,1-9H3,(H,60,61);8-28,34,55-56H,7H2,1-6H3/q2*-1/p+2. The zero-order valence-corrected chi connectivity index (χ0v) is 83.4. The van der Waals surface area contributed by atoms with Crippen LogP contribution >= 0.6 is 11.8 Å². The quantitative estimate of drug-likeness (QED) is 0.00458. The Labute approximate surface area is 810 Å². The fraction of sp³-hybridized carbons (Fsp3) is 0.282. The molecule has 0 bridgehead atoms. The van der Waals surface area contributed by atoms with Gasteiger partial charge in [-0.25, -0.2) is 56.2 Å². The molecule has 738 valence electrons. The van der Waals surface area contributed by atoms with Crippen LogP contribution < -0.4 is 35.2 Å². The maximum atomic E-state index is 15.8. The maximum absolute atomic E-state index is 15.8. The van der Waals surface area contributed by atoms with Gasteiger partial charge in [-0.1, -0.05) is 184 Å². The summed E-state index contributed by atoms with van der Waals surface area (Å²) in [5.74, 6) is -17.1. The van der Waals surface area contributed by atoms with Gasteiger partial charge in [-0.15, -0.1) is 11.8 Å². The average molecular weight is 2040 g/mol. The molecule has 0 radical (unpaired) electrons. The van der Waals surface area contributed by atoms with Crippen molar-refractivity contribution in [1.82, 2.24) is 0 Å². The Morgan fingerprint density at radius 3 is 1.77 bits per heavy atom. The van der Waals surface area contributed by atoms with Crippen molar-refractivity contribution in [2.45, 2.75) is 189 Å². The number of hydrogen-bond acceptors (Lipinski definition) is 18. The molecule has 5 aliphatic rings. The Balaban J connectivity index is 0.000000223. The van der Waals surface area contributed by atoms with Gasteiger partial charge in [-0.05, 0) is 172 Å². The first-order valence-electron chi connectivity index (χ1n) is 44.5. The summed E-state index contributed by atoms with van der Waals surface area (Å²) < 4.78 is 319. The molecule has 2 atom stereocenters. The Morgan fingerprint density at radius 2 is 1.16 bits per heavy atom. The summed E-state index contributed by atoms with van der Waals surface area (Å²) in [6.07, 6.45) is 6.65. The molecule has 0 saturated heterocycles. The molecule has 0 fully saturated rings. The zero-order valence-electron chi connectivity index (χ0n) is 78.5. The Hall–Kier alpha value is -11.9. The van der Waals surface area contributed by atoms with Gasteiger partial charge in [0.2, 0.25) is 11.0 Å². The van der Waals surface area contributed by atoms with Crippen LogP contribution in [-0.2, 0) is 66.2 Å². The number of hydrogen-bond donors (Lipinski definition) is 4.